The number of nitrogens with zero attached hydrogens (tertiary/aromatic N) is 2. The molecule has 1 unspecified atom stereocenters. The van der Waals surface area contributed by atoms with Gasteiger partial charge in [0.05, 0.1) is 17.9 Å². The van der Waals surface area contributed by atoms with Crippen molar-refractivity contribution in [3.8, 4) is 0 Å². The van der Waals surface area contributed by atoms with Crippen LogP contribution in [0.1, 0.15) is 46.6 Å². The highest BCUT2D eigenvalue weighted by Crippen LogP contribution is 2.29. The van der Waals surface area contributed by atoms with Crippen LogP contribution in [0, 0.1) is 19.8 Å². The number of rotatable bonds is 7. The third-order valence-corrected chi connectivity index (χ3v) is 7.25. The average molecular weight is 430 g/mol. The molecule has 6 nitrogen and oxygen atoms in total. The quantitative estimate of drug-likeness (QED) is 0.675. The predicted octanol–water partition coefficient (Wildman–Crippen LogP) is 3.81. The Kier molecular flexibility index (Phi) is 7.12. The minimum absolute atomic E-state index is 0.0273. The molecule has 0 aliphatic carbocycles. The lowest BCUT2D eigenvalue weighted by Gasteiger charge is -2.33. The number of ether oxygens (including phenoxy) is 1. The van der Waals surface area contributed by atoms with Crippen molar-refractivity contribution in [1.29, 1.82) is 0 Å². The SMILES string of the molecule is Cc1noc(C)c1CSc1ccccc1C(=O)NC1CCN(CC2CCOC2)CC1. The number of hydrogen-bond acceptors (Lipinski definition) is 6. The predicted molar refractivity (Wildman–Crippen MR) is 118 cm³/mol. The van der Waals surface area contributed by atoms with Crippen LogP contribution in [0.15, 0.2) is 33.7 Å². The number of carbonyl (C=O) groups is 1. The molecule has 7 heteroatoms. The Hall–Kier alpha value is -1.83. The van der Waals surface area contributed by atoms with E-state index in [4.69, 9.17) is 9.26 Å². The average Bonchev–Trinajstić information content (AvgIpc) is 3.38. The molecule has 1 aromatic heterocycles. The molecule has 1 aromatic carbocycles. The molecule has 0 bridgehead atoms. The second-order valence-corrected chi connectivity index (χ2v) is 9.38. The van der Waals surface area contributed by atoms with Gasteiger partial charge in [-0.2, -0.15) is 0 Å². The first kappa shape index (κ1) is 21.4. The molecule has 1 N–H and O–H groups in total. The minimum Gasteiger partial charge on any atom is -0.381 e. The number of thioether (sulfide) groups is 1. The van der Waals surface area contributed by atoms with E-state index < -0.39 is 0 Å². The summed E-state index contributed by atoms with van der Waals surface area (Å²) in [5.74, 6) is 2.30. The number of benzene rings is 1. The molecule has 0 saturated carbocycles. The van der Waals surface area contributed by atoms with Crippen molar-refractivity contribution in [3.05, 3.63) is 46.8 Å². The Labute approximate surface area is 182 Å². The Morgan fingerprint density at radius 3 is 2.73 bits per heavy atom. The standard InChI is InChI=1S/C23H31N3O3S/c1-16-21(17(2)29-25-16)15-30-22-6-4-3-5-20(22)23(27)24-19-7-10-26(11-8-19)13-18-9-12-28-14-18/h3-6,18-19H,7-15H2,1-2H3,(H,24,27). The van der Waals surface area contributed by atoms with Gasteiger partial charge in [0.2, 0.25) is 0 Å². The van der Waals surface area contributed by atoms with Crippen LogP contribution in [0.4, 0.5) is 0 Å². The van der Waals surface area contributed by atoms with E-state index in [2.05, 4.69) is 15.4 Å². The van der Waals surface area contributed by atoms with E-state index in [9.17, 15) is 4.79 Å². The third-order valence-electron chi connectivity index (χ3n) is 6.15. The van der Waals surface area contributed by atoms with Gasteiger partial charge in [-0.05, 0) is 51.2 Å². The van der Waals surface area contributed by atoms with Gasteiger partial charge in [0.25, 0.3) is 5.91 Å². The molecule has 2 aliphatic heterocycles. The maximum atomic E-state index is 13.0. The summed E-state index contributed by atoms with van der Waals surface area (Å²) >= 11 is 1.66. The fourth-order valence-electron chi connectivity index (χ4n) is 4.25. The van der Waals surface area contributed by atoms with Crippen LogP contribution >= 0.6 is 11.8 Å². The fourth-order valence-corrected chi connectivity index (χ4v) is 5.46. The van der Waals surface area contributed by atoms with Crippen LogP contribution in [0.5, 0.6) is 0 Å². The number of piperidine rings is 1. The van der Waals surface area contributed by atoms with Gasteiger partial charge in [-0.25, -0.2) is 0 Å². The molecule has 0 spiro atoms. The lowest BCUT2D eigenvalue weighted by Crippen LogP contribution is -2.45. The number of amides is 1. The van der Waals surface area contributed by atoms with Crippen LogP contribution in [0.2, 0.25) is 0 Å². The lowest BCUT2D eigenvalue weighted by atomic mass is 10.0. The topological polar surface area (TPSA) is 67.6 Å². The summed E-state index contributed by atoms with van der Waals surface area (Å²) in [6.45, 7) is 8.91. The van der Waals surface area contributed by atoms with Gasteiger partial charge in [-0.1, -0.05) is 17.3 Å². The summed E-state index contributed by atoms with van der Waals surface area (Å²) in [4.78, 5) is 16.5. The zero-order chi connectivity index (χ0) is 20.9. The van der Waals surface area contributed by atoms with Crippen molar-refractivity contribution >= 4 is 17.7 Å². The molecule has 2 aliphatic rings. The molecule has 4 rings (SSSR count). The van der Waals surface area contributed by atoms with E-state index in [1.165, 1.54) is 6.42 Å². The molecule has 1 amide bonds. The molecule has 30 heavy (non-hydrogen) atoms. The number of aryl methyl sites for hydroxylation is 2. The number of nitrogens with one attached hydrogen (secondary N) is 1. The van der Waals surface area contributed by atoms with Gasteiger partial charge in [-0.3, -0.25) is 4.79 Å². The van der Waals surface area contributed by atoms with Gasteiger partial charge in [-0.15, -0.1) is 11.8 Å². The van der Waals surface area contributed by atoms with Crippen LogP contribution in [0.25, 0.3) is 0 Å². The van der Waals surface area contributed by atoms with Crippen LogP contribution in [0.3, 0.4) is 0 Å². The maximum absolute atomic E-state index is 13.0. The molecule has 2 saturated heterocycles. The summed E-state index contributed by atoms with van der Waals surface area (Å²) in [6.07, 6.45) is 3.19. The largest absolute Gasteiger partial charge is 0.381 e. The smallest absolute Gasteiger partial charge is 0.252 e. The molecule has 0 radical (unpaired) electrons. The van der Waals surface area contributed by atoms with Gasteiger partial charge < -0.3 is 19.5 Å². The van der Waals surface area contributed by atoms with E-state index >= 15 is 0 Å². The van der Waals surface area contributed by atoms with Gasteiger partial charge in [0.1, 0.15) is 5.76 Å². The summed E-state index contributed by atoms with van der Waals surface area (Å²) in [7, 11) is 0. The Bertz CT molecular complexity index is 836. The molecule has 2 aromatic rings. The zero-order valence-electron chi connectivity index (χ0n) is 17.9. The molecule has 1 atom stereocenters. The van der Waals surface area contributed by atoms with Crippen molar-refractivity contribution in [1.82, 2.24) is 15.4 Å². The van der Waals surface area contributed by atoms with Crippen molar-refractivity contribution in [2.24, 2.45) is 5.92 Å². The first-order chi connectivity index (χ1) is 14.6. The second-order valence-electron chi connectivity index (χ2n) is 8.37. The van der Waals surface area contributed by atoms with Crippen LogP contribution in [-0.4, -0.2) is 54.9 Å². The summed E-state index contributed by atoms with van der Waals surface area (Å²) < 4.78 is 10.8. The molecular weight excluding hydrogens is 398 g/mol. The Morgan fingerprint density at radius 2 is 2.03 bits per heavy atom. The highest BCUT2D eigenvalue weighted by atomic mass is 32.2. The van der Waals surface area contributed by atoms with Gasteiger partial charge in [0.15, 0.2) is 0 Å². The summed E-state index contributed by atoms with van der Waals surface area (Å²) in [6, 6.07) is 8.09. The Morgan fingerprint density at radius 1 is 1.23 bits per heavy atom. The third kappa shape index (κ3) is 5.25. The number of likely N-dealkylation sites (tertiary alicyclic amines) is 1. The first-order valence-electron chi connectivity index (χ1n) is 10.8. The second kappa shape index (κ2) is 9.98. The van der Waals surface area contributed by atoms with Crippen molar-refractivity contribution in [2.45, 2.75) is 49.8 Å². The van der Waals surface area contributed by atoms with Gasteiger partial charge >= 0.3 is 0 Å². The lowest BCUT2D eigenvalue weighted by molar-refractivity contribution is 0.0900. The van der Waals surface area contributed by atoms with Crippen molar-refractivity contribution in [3.63, 3.8) is 0 Å². The molecule has 162 valence electrons. The van der Waals surface area contributed by atoms with Gasteiger partial charge in [0, 0.05) is 48.5 Å². The number of carbonyl (C=O) groups excluding carboxylic acids is 1. The van der Waals surface area contributed by atoms with E-state index in [1.807, 2.05) is 38.1 Å². The van der Waals surface area contributed by atoms with Crippen molar-refractivity contribution < 1.29 is 14.1 Å². The monoisotopic (exact) mass is 429 g/mol. The van der Waals surface area contributed by atoms with E-state index in [1.54, 1.807) is 11.8 Å². The zero-order valence-corrected chi connectivity index (χ0v) is 18.7. The van der Waals surface area contributed by atoms with Crippen molar-refractivity contribution in [2.75, 3.05) is 32.8 Å². The molecule has 2 fully saturated rings. The van der Waals surface area contributed by atoms with Crippen LogP contribution in [-0.2, 0) is 10.5 Å². The normalized spacial score (nSPS) is 20.5. The summed E-state index contributed by atoms with van der Waals surface area (Å²) in [5.41, 5.74) is 2.77. The Balaban J connectivity index is 1.30. The molecule has 3 heterocycles. The van der Waals surface area contributed by atoms with E-state index in [-0.39, 0.29) is 11.9 Å². The summed E-state index contributed by atoms with van der Waals surface area (Å²) in [5, 5.41) is 7.29. The minimum atomic E-state index is 0.0273. The highest BCUT2D eigenvalue weighted by Gasteiger charge is 2.25. The van der Waals surface area contributed by atoms with E-state index in [0.29, 0.717) is 5.92 Å². The van der Waals surface area contributed by atoms with E-state index in [0.717, 1.165) is 78.9 Å². The number of aromatic nitrogens is 1. The molecular formula is C23H31N3O3S. The fraction of sp³-hybridized carbons (Fsp3) is 0.565. The maximum Gasteiger partial charge on any atom is 0.252 e. The van der Waals surface area contributed by atoms with Crippen LogP contribution < -0.4 is 5.32 Å². The highest BCUT2D eigenvalue weighted by molar-refractivity contribution is 7.98. The first-order valence-corrected chi connectivity index (χ1v) is 11.8. The number of hydrogen-bond donors (Lipinski definition) is 1.